The summed E-state index contributed by atoms with van der Waals surface area (Å²) in [6, 6.07) is -0.864. The van der Waals surface area contributed by atoms with Crippen molar-refractivity contribution < 1.29 is 37.3 Å². The molecule has 456 valence electrons. The summed E-state index contributed by atoms with van der Waals surface area (Å²) >= 11 is 0. The van der Waals surface area contributed by atoms with Crippen molar-refractivity contribution in [3.8, 4) is 0 Å². The van der Waals surface area contributed by atoms with Crippen LogP contribution in [-0.4, -0.2) is 74.3 Å². The number of phosphoric ester groups is 1. The number of allylic oxidation sites excluding steroid dienone is 9. The van der Waals surface area contributed by atoms with E-state index in [1.807, 2.05) is 33.3 Å². The van der Waals surface area contributed by atoms with Gasteiger partial charge in [-0.2, -0.15) is 0 Å². The summed E-state index contributed by atoms with van der Waals surface area (Å²) in [5.41, 5.74) is 0. The third kappa shape index (κ3) is 58.4. The molecular formula is C68H128N2O7P+. The van der Waals surface area contributed by atoms with Crippen molar-refractivity contribution in [1.82, 2.24) is 5.32 Å². The monoisotopic (exact) mass is 1120 g/mol. The molecule has 0 aliphatic rings. The van der Waals surface area contributed by atoms with Crippen molar-refractivity contribution >= 4 is 19.7 Å². The Labute approximate surface area is 483 Å². The standard InChI is InChI=1S/C68H127N2O7P/c1-7-10-13-16-19-22-25-27-29-31-32-33-34-35-36-37-38-39-41-43-46-49-52-55-58-61-68(72)77-66(59-56-53-50-47-44-24-21-18-15-12-9-3)65(64-76-78(73,74)75-63-62-70(4,5)6)69-67(71)60-57-54-51-48-45-42-40-30-28-26-23-20-17-14-11-8-2/h11,14,20,23,28,30,42,45,56,59,65-66H,7-10,12-13,15-19,21-22,24-27,29,31-41,43-44,46-55,57-58,60-64H2,1-6H3,(H-,69,71,73,74)/p+1/b14-11+,23-20+,30-28+,45-42+,59-56-. The van der Waals surface area contributed by atoms with Crippen LogP contribution in [0, 0.1) is 0 Å². The molecule has 0 rings (SSSR count). The Morgan fingerprint density at radius 3 is 1.24 bits per heavy atom. The first-order valence-electron chi connectivity index (χ1n) is 33.1. The third-order valence-electron chi connectivity index (χ3n) is 14.7. The Hall–Kier alpha value is -2.29. The Morgan fingerprint density at radius 1 is 0.462 bits per heavy atom. The van der Waals surface area contributed by atoms with Crippen molar-refractivity contribution in [2.75, 3.05) is 40.9 Å². The second-order valence-corrected chi connectivity index (χ2v) is 25.1. The molecule has 0 fully saturated rings. The maximum Gasteiger partial charge on any atom is 0.472 e. The van der Waals surface area contributed by atoms with E-state index in [2.05, 4.69) is 74.7 Å². The first kappa shape index (κ1) is 75.7. The highest BCUT2D eigenvalue weighted by Crippen LogP contribution is 2.43. The van der Waals surface area contributed by atoms with Gasteiger partial charge in [0.1, 0.15) is 19.3 Å². The summed E-state index contributed by atoms with van der Waals surface area (Å²) in [6.07, 6.45) is 73.9. The van der Waals surface area contributed by atoms with Crippen molar-refractivity contribution in [1.29, 1.82) is 0 Å². The van der Waals surface area contributed by atoms with Crippen LogP contribution in [0.5, 0.6) is 0 Å². The topological polar surface area (TPSA) is 111 Å². The molecule has 0 bridgehead atoms. The minimum Gasteiger partial charge on any atom is -0.456 e. The van der Waals surface area contributed by atoms with E-state index in [4.69, 9.17) is 13.8 Å². The number of likely N-dealkylation sites (N-methyl/N-ethyl adjacent to an activating group) is 1. The van der Waals surface area contributed by atoms with E-state index >= 15 is 0 Å². The molecule has 0 heterocycles. The fourth-order valence-electron chi connectivity index (χ4n) is 9.64. The first-order chi connectivity index (χ1) is 37.9. The molecule has 0 spiro atoms. The molecule has 0 saturated carbocycles. The highest BCUT2D eigenvalue weighted by molar-refractivity contribution is 7.47. The number of rotatable bonds is 60. The number of carbonyl (C=O) groups excluding carboxylic acids is 2. The summed E-state index contributed by atoms with van der Waals surface area (Å²) in [4.78, 5) is 37.7. The van der Waals surface area contributed by atoms with E-state index in [9.17, 15) is 19.0 Å². The number of hydrogen-bond acceptors (Lipinski definition) is 6. The van der Waals surface area contributed by atoms with Crippen molar-refractivity contribution in [3.63, 3.8) is 0 Å². The Kier molecular flexibility index (Phi) is 56.2. The van der Waals surface area contributed by atoms with Crippen LogP contribution in [0.3, 0.4) is 0 Å². The van der Waals surface area contributed by atoms with Crippen LogP contribution >= 0.6 is 7.82 Å². The number of nitrogens with one attached hydrogen (secondary N) is 1. The second-order valence-electron chi connectivity index (χ2n) is 23.6. The molecule has 0 aliphatic heterocycles. The van der Waals surface area contributed by atoms with Crippen LogP contribution in [0.4, 0.5) is 0 Å². The van der Waals surface area contributed by atoms with Crippen molar-refractivity contribution in [2.24, 2.45) is 0 Å². The molecule has 0 aromatic carbocycles. The fourth-order valence-corrected chi connectivity index (χ4v) is 10.4. The molecule has 0 aromatic heterocycles. The van der Waals surface area contributed by atoms with Gasteiger partial charge in [-0.15, -0.1) is 0 Å². The molecule has 0 aliphatic carbocycles. The van der Waals surface area contributed by atoms with Crippen LogP contribution in [0.1, 0.15) is 310 Å². The third-order valence-corrected chi connectivity index (χ3v) is 15.7. The summed E-state index contributed by atoms with van der Waals surface area (Å²) < 4.78 is 30.7. The van der Waals surface area contributed by atoms with Gasteiger partial charge in [0.25, 0.3) is 0 Å². The van der Waals surface area contributed by atoms with E-state index in [0.29, 0.717) is 23.9 Å². The van der Waals surface area contributed by atoms with E-state index in [-0.39, 0.29) is 31.5 Å². The molecule has 0 saturated heterocycles. The van der Waals surface area contributed by atoms with Gasteiger partial charge in [0, 0.05) is 12.8 Å². The molecule has 10 heteroatoms. The van der Waals surface area contributed by atoms with Gasteiger partial charge in [-0.1, -0.05) is 287 Å². The van der Waals surface area contributed by atoms with Gasteiger partial charge < -0.3 is 19.4 Å². The Bertz CT molecular complexity index is 1520. The number of carbonyl (C=O) groups is 2. The van der Waals surface area contributed by atoms with Gasteiger partial charge in [-0.3, -0.25) is 18.6 Å². The number of amides is 1. The highest BCUT2D eigenvalue weighted by atomic mass is 31.2. The number of phosphoric acid groups is 1. The molecule has 9 nitrogen and oxygen atoms in total. The normalized spacial score (nSPS) is 14.0. The molecule has 1 amide bonds. The van der Waals surface area contributed by atoms with Gasteiger partial charge in [0.05, 0.1) is 33.8 Å². The number of hydrogen-bond donors (Lipinski definition) is 2. The molecule has 2 N–H and O–H groups in total. The molecular weight excluding hydrogens is 988 g/mol. The lowest BCUT2D eigenvalue weighted by molar-refractivity contribution is -0.870. The average Bonchev–Trinajstić information content (AvgIpc) is 3.40. The smallest absolute Gasteiger partial charge is 0.456 e. The summed E-state index contributed by atoms with van der Waals surface area (Å²) in [5, 5.41) is 3.04. The zero-order valence-corrected chi connectivity index (χ0v) is 53.1. The minimum atomic E-state index is -4.46. The highest BCUT2D eigenvalue weighted by Gasteiger charge is 2.30. The van der Waals surface area contributed by atoms with Crippen LogP contribution in [0.15, 0.2) is 60.8 Å². The van der Waals surface area contributed by atoms with Gasteiger partial charge >= 0.3 is 13.8 Å². The van der Waals surface area contributed by atoms with Crippen LogP contribution in [0.2, 0.25) is 0 Å². The van der Waals surface area contributed by atoms with Crippen LogP contribution in [0.25, 0.3) is 0 Å². The first-order valence-corrected chi connectivity index (χ1v) is 34.6. The zero-order chi connectivity index (χ0) is 57.2. The van der Waals surface area contributed by atoms with Crippen LogP contribution in [-0.2, 0) is 27.9 Å². The van der Waals surface area contributed by atoms with Gasteiger partial charge in [0.2, 0.25) is 5.91 Å². The summed E-state index contributed by atoms with van der Waals surface area (Å²) in [7, 11) is 1.48. The second kappa shape index (κ2) is 57.9. The number of nitrogens with zero attached hydrogens (tertiary/aromatic N) is 1. The van der Waals surface area contributed by atoms with E-state index in [1.165, 1.54) is 186 Å². The van der Waals surface area contributed by atoms with Crippen molar-refractivity contribution in [3.05, 3.63) is 60.8 Å². The summed E-state index contributed by atoms with van der Waals surface area (Å²) in [6.45, 7) is 6.90. The van der Waals surface area contributed by atoms with Crippen LogP contribution < -0.4 is 5.32 Å². The number of unbranched alkanes of at least 4 members (excludes halogenated alkanes) is 36. The average molecular weight is 1120 g/mol. The largest absolute Gasteiger partial charge is 0.472 e. The predicted molar refractivity (Wildman–Crippen MR) is 337 cm³/mol. The maximum absolute atomic E-state index is 13.5. The van der Waals surface area contributed by atoms with E-state index < -0.39 is 20.0 Å². The lowest BCUT2D eigenvalue weighted by atomic mass is 10.0. The lowest BCUT2D eigenvalue weighted by Crippen LogP contribution is -2.47. The Morgan fingerprint density at radius 2 is 0.821 bits per heavy atom. The molecule has 0 radical (unpaired) electrons. The predicted octanol–water partition coefficient (Wildman–Crippen LogP) is 20.6. The zero-order valence-electron chi connectivity index (χ0n) is 52.2. The molecule has 0 aromatic rings. The maximum atomic E-state index is 13.5. The number of esters is 1. The van der Waals surface area contributed by atoms with E-state index in [0.717, 1.165) is 83.5 Å². The lowest BCUT2D eigenvalue weighted by Gasteiger charge is -2.27. The SMILES string of the molecule is CC/C=C/C/C=C/C/C=C/C/C=C/CCCCCC(=O)NC(COP(=O)(O)OCC[N+](C)(C)C)C(/C=C\CCCCCCCCCCC)OC(=O)CCCCCCCCCCCCCCCCCCCCCCCCCCC. The Balaban J connectivity index is 5.06. The quantitative estimate of drug-likeness (QED) is 0.0205. The van der Waals surface area contributed by atoms with Gasteiger partial charge in [-0.05, 0) is 70.3 Å². The summed E-state index contributed by atoms with van der Waals surface area (Å²) in [5.74, 6) is -0.532. The molecule has 3 atom stereocenters. The minimum absolute atomic E-state index is 0.0336. The van der Waals surface area contributed by atoms with Crippen molar-refractivity contribution in [2.45, 2.75) is 322 Å². The fraction of sp³-hybridized carbons (Fsp3) is 0.824. The van der Waals surface area contributed by atoms with Gasteiger partial charge in [0.15, 0.2) is 0 Å². The number of ether oxygens (including phenoxy) is 1. The number of quaternary nitrogens is 1. The molecule has 78 heavy (non-hydrogen) atoms. The van der Waals surface area contributed by atoms with E-state index in [1.54, 1.807) is 0 Å². The molecule has 3 unspecified atom stereocenters. The van der Waals surface area contributed by atoms with Gasteiger partial charge in [-0.25, -0.2) is 4.57 Å².